The van der Waals surface area contributed by atoms with Gasteiger partial charge in [0.15, 0.2) is 0 Å². The van der Waals surface area contributed by atoms with E-state index in [1.807, 2.05) is 0 Å². The number of phenols is 1. The SMILES string of the molecule is O=C1C(Cl)=C(Nc2cc(Cl)ccc2O)C(=O)N1c1ccccc1. The highest BCUT2D eigenvalue weighted by Gasteiger charge is 2.39. The summed E-state index contributed by atoms with van der Waals surface area (Å²) in [6, 6.07) is 12.7. The smallest absolute Gasteiger partial charge is 0.283 e. The summed E-state index contributed by atoms with van der Waals surface area (Å²) in [4.78, 5) is 25.7. The Hall–Kier alpha value is -2.50. The van der Waals surface area contributed by atoms with E-state index in [0.717, 1.165) is 4.90 Å². The molecule has 0 aliphatic carbocycles. The molecule has 7 heteroatoms. The Kier molecular flexibility index (Phi) is 3.98. The van der Waals surface area contributed by atoms with Crippen molar-refractivity contribution in [2.24, 2.45) is 0 Å². The summed E-state index contributed by atoms with van der Waals surface area (Å²) in [5, 5.41) is 12.6. The van der Waals surface area contributed by atoms with Crippen molar-refractivity contribution in [3.05, 3.63) is 64.3 Å². The number of imide groups is 1. The molecule has 2 aromatic carbocycles. The maximum atomic E-state index is 12.5. The maximum absolute atomic E-state index is 12.5. The van der Waals surface area contributed by atoms with E-state index in [4.69, 9.17) is 23.2 Å². The third-order valence-corrected chi connectivity index (χ3v) is 3.85. The minimum Gasteiger partial charge on any atom is -0.506 e. The molecule has 116 valence electrons. The molecule has 23 heavy (non-hydrogen) atoms. The van der Waals surface area contributed by atoms with Crippen molar-refractivity contribution in [2.75, 3.05) is 10.2 Å². The van der Waals surface area contributed by atoms with Crippen molar-refractivity contribution in [2.45, 2.75) is 0 Å². The van der Waals surface area contributed by atoms with E-state index in [2.05, 4.69) is 5.32 Å². The second kappa shape index (κ2) is 5.95. The number of rotatable bonds is 3. The molecule has 2 N–H and O–H groups in total. The van der Waals surface area contributed by atoms with Crippen molar-refractivity contribution >= 4 is 46.4 Å². The molecule has 0 bridgehead atoms. The van der Waals surface area contributed by atoms with Crippen LogP contribution in [-0.2, 0) is 9.59 Å². The number of nitrogens with zero attached hydrogens (tertiary/aromatic N) is 1. The van der Waals surface area contributed by atoms with Gasteiger partial charge in [-0.05, 0) is 30.3 Å². The van der Waals surface area contributed by atoms with Gasteiger partial charge < -0.3 is 10.4 Å². The number of carbonyl (C=O) groups excluding carboxylic acids is 2. The molecule has 0 atom stereocenters. The first kappa shape index (κ1) is 15.4. The molecule has 0 unspecified atom stereocenters. The first-order valence-corrected chi connectivity index (χ1v) is 7.34. The predicted octanol–water partition coefficient (Wildman–Crippen LogP) is 3.48. The predicted molar refractivity (Wildman–Crippen MR) is 88.6 cm³/mol. The van der Waals surface area contributed by atoms with Crippen LogP contribution >= 0.6 is 23.2 Å². The molecule has 0 saturated heterocycles. The highest BCUT2D eigenvalue weighted by atomic mass is 35.5. The fourth-order valence-corrected chi connectivity index (χ4v) is 2.55. The number of hydrogen-bond acceptors (Lipinski definition) is 4. The molecular weight excluding hydrogens is 339 g/mol. The van der Waals surface area contributed by atoms with Gasteiger partial charge in [-0.15, -0.1) is 0 Å². The van der Waals surface area contributed by atoms with Crippen molar-refractivity contribution in [1.29, 1.82) is 0 Å². The molecule has 1 aliphatic rings. The summed E-state index contributed by atoms with van der Waals surface area (Å²) in [5.74, 6) is -1.36. The van der Waals surface area contributed by atoms with Crippen LogP contribution in [0.25, 0.3) is 0 Å². The second-order valence-corrected chi connectivity index (χ2v) is 5.57. The van der Waals surface area contributed by atoms with Gasteiger partial charge in [0.1, 0.15) is 16.5 Å². The van der Waals surface area contributed by atoms with Gasteiger partial charge >= 0.3 is 0 Å². The number of carbonyl (C=O) groups is 2. The summed E-state index contributed by atoms with van der Waals surface area (Å²) in [6.45, 7) is 0. The lowest BCUT2D eigenvalue weighted by molar-refractivity contribution is -0.120. The molecule has 0 fully saturated rings. The number of phenolic OH excluding ortho intramolecular Hbond substituents is 1. The van der Waals surface area contributed by atoms with Gasteiger partial charge in [-0.2, -0.15) is 0 Å². The zero-order valence-electron chi connectivity index (χ0n) is 11.6. The largest absolute Gasteiger partial charge is 0.506 e. The first-order chi connectivity index (χ1) is 11.0. The molecule has 0 spiro atoms. The van der Waals surface area contributed by atoms with Crippen LogP contribution in [0, 0.1) is 0 Å². The van der Waals surface area contributed by atoms with Crippen LogP contribution in [0.1, 0.15) is 0 Å². The zero-order chi connectivity index (χ0) is 16.6. The minimum atomic E-state index is -0.633. The van der Waals surface area contributed by atoms with Gasteiger partial charge in [-0.3, -0.25) is 9.59 Å². The van der Waals surface area contributed by atoms with Crippen LogP contribution in [0.2, 0.25) is 5.02 Å². The van der Waals surface area contributed by atoms with Gasteiger partial charge in [-0.1, -0.05) is 41.4 Å². The minimum absolute atomic E-state index is 0.113. The number of benzene rings is 2. The third-order valence-electron chi connectivity index (χ3n) is 3.26. The molecular formula is C16H10Cl2N2O3. The molecule has 0 aromatic heterocycles. The van der Waals surface area contributed by atoms with E-state index < -0.39 is 11.8 Å². The molecule has 3 rings (SSSR count). The summed E-state index contributed by atoms with van der Waals surface area (Å²) in [7, 11) is 0. The quantitative estimate of drug-likeness (QED) is 0.658. The summed E-state index contributed by atoms with van der Waals surface area (Å²) >= 11 is 11.9. The average Bonchev–Trinajstić information content (AvgIpc) is 2.75. The van der Waals surface area contributed by atoms with Gasteiger partial charge in [0.05, 0.1) is 11.4 Å². The number of amides is 2. The summed E-state index contributed by atoms with van der Waals surface area (Å²) in [5.41, 5.74) is 0.479. The summed E-state index contributed by atoms with van der Waals surface area (Å²) in [6.07, 6.45) is 0. The number of halogens is 2. The van der Waals surface area contributed by atoms with Crippen molar-refractivity contribution in [3.8, 4) is 5.75 Å². The molecule has 0 saturated carbocycles. The number of para-hydroxylation sites is 1. The van der Waals surface area contributed by atoms with Crippen molar-refractivity contribution < 1.29 is 14.7 Å². The zero-order valence-corrected chi connectivity index (χ0v) is 13.1. The average molecular weight is 349 g/mol. The summed E-state index contributed by atoms with van der Waals surface area (Å²) < 4.78 is 0. The van der Waals surface area contributed by atoms with Gasteiger partial charge in [0.2, 0.25) is 0 Å². The molecule has 5 nitrogen and oxygen atoms in total. The molecule has 2 amide bonds. The Morgan fingerprint density at radius 3 is 2.35 bits per heavy atom. The topological polar surface area (TPSA) is 69.6 Å². The van der Waals surface area contributed by atoms with Crippen LogP contribution in [0.15, 0.2) is 59.3 Å². The lowest BCUT2D eigenvalue weighted by atomic mass is 10.2. The molecule has 1 heterocycles. The first-order valence-electron chi connectivity index (χ1n) is 6.58. The number of anilines is 2. The normalized spacial score (nSPS) is 14.6. The lowest BCUT2D eigenvalue weighted by Gasteiger charge is -2.15. The highest BCUT2D eigenvalue weighted by molar-refractivity contribution is 6.53. The Morgan fingerprint density at radius 1 is 0.957 bits per heavy atom. The fraction of sp³-hybridized carbons (Fsp3) is 0. The van der Waals surface area contributed by atoms with E-state index in [-0.39, 0.29) is 22.2 Å². The van der Waals surface area contributed by atoms with Crippen LogP contribution in [0.3, 0.4) is 0 Å². The van der Waals surface area contributed by atoms with Crippen molar-refractivity contribution in [3.63, 3.8) is 0 Å². The van der Waals surface area contributed by atoms with Crippen LogP contribution in [-0.4, -0.2) is 16.9 Å². The Labute approximate surface area is 141 Å². The number of nitrogens with one attached hydrogen (secondary N) is 1. The van der Waals surface area contributed by atoms with Gasteiger partial charge in [-0.25, -0.2) is 4.90 Å². The Balaban J connectivity index is 1.96. The monoisotopic (exact) mass is 348 g/mol. The van der Waals surface area contributed by atoms with E-state index >= 15 is 0 Å². The molecule has 0 radical (unpaired) electrons. The lowest BCUT2D eigenvalue weighted by Crippen LogP contribution is -2.32. The van der Waals surface area contributed by atoms with Crippen LogP contribution in [0.4, 0.5) is 11.4 Å². The van der Waals surface area contributed by atoms with E-state index in [1.54, 1.807) is 30.3 Å². The standard InChI is InChI=1S/C16H10Cl2N2O3/c17-9-6-7-12(21)11(8-9)19-14-13(18)15(22)20(16(14)23)10-4-2-1-3-5-10/h1-8,19,21H. The Morgan fingerprint density at radius 2 is 1.65 bits per heavy atom. The molecule has 1 aliphatic heterocycles. The number of hydrogen-bond donors (Lipinski definition) is 2. The van der Waals surface area contributed by atoms with Gasteiger partial charge in [0, 0.05) is 5.02 Å². The van der Waals surface area contributed by atoms with Crippen LogP contribution in [0.5, 0.6) is 5.75 Å². The third kappa shape index (κ3) is 2.76. The fourth-order valence-electron chi connectivity index (χ4n) is 2.17. The van der Waals surface area contributed by atoms with Gasteiger partial charge in [0.25, 0.3) is 11.8 Å². The molecule has 2 aromatic rings. The number of aromatic hydroxyl groups is 1. The van der Waals surface area contributed by atoms with E-state index in [1.165, 1.54) is 18.2 Å². The van der Waals surface area contributed by atoms with E-state index in [9.17, 15) is 14.7 Å². The second-order valence-electron chi connectivity index (χ2n) is 4.76. The maximum Gasteiger partial charge on any atom is 0.283 e. The van der Waals surface area contributed by atoms with E-state index in [0.29, 0.717) is 10.7 Å². The van der Waals surface area contributed by atoms with Crippen molar-refractivity contribution in [1.82, 2.24) is 0 Å². The Bertz CT molecular complexity index is 834. The highest BCUT2D eigenvalue weighted by Crippen LogP contribution is 2.33. The van der Waals surface area contributed by atoms with Crippen LogP contribution < -0.4 is 10.2 Å².